The molecule has 1 aliphatic rings. The molecule has 1 unspecified atom stereocenters. The molecule has 0 aromatic heterocycles. The number of fused-ring (bicyclic) bond motifs is 1. The van der Waals surface area contributed by atoms with Gasteiger partial charge in [0.2, 0.25) is 5.91 Å². The Balaban J connectivity index is 1.73. The molecule has 7 heteroatoms. The van der Waals surface area contributed by atoms with Crippen molar-refractivity contribution in [3.8, 4) is 0 Å². The standard InChI is InChI=1S/C19H29N3O3S/c1-4-16(14(2)3)21-18(23)12-6-5-9-13-20-19-15-10-7-8-11-17(15)26(24,25)22-19/h7-8,10-11,14,16H,4-6,9,12-13H2,1-3H3,(H,20,22)(H,21,23). The van der Waals surface area contributed by atoms with Crippen LogP contribution in [0.15, 0.2) is 34.2 Å². The number of hydrogen-bond donors (Lipinski definition) is 2. The van der Waals surface area contributed by atoms with E-state index in [0.29, 0.717) is 30.3 Å². The van der Waals surface area contributed by atoms with Crippen molar-refractivity contribution in [1.82, 2.24) is 10.0 Å². The van der Waals surface area contributed by atoms with Crippen LogP contribution in [-0.4, -0.2) is 32.7 Å². The molecule has 0 spiro atoms. The molecule has 0 aliphatic carbocycles. The molecule has 1 aromatic carbocycles. The lowest BCUT2D eigenvalue weighted by atomic mass is 10.0. The minimum Gasteiger partial charge on any atom is -0.353 e. The van der Waals surface area contributed by atoms with Gasteiger partial charge in [0, 0.05) is 24.6 Å². The minimum absolute atomic E-state index is 0.106. The summed E-state index contributed by atoms with van der Waals surface area (Å²) >= 11 is 0. The normalized spacial score (nSPS) is 17.8. The van der Waals surface area contributed by atoms with E-state index in [2.05, 4.69) is 35.8 Å². The lowest BCUT2D eigenvalue weighted by Crippen LogP contribution is -2.37. The summed E-state index contributed by atoms with van der Waals surface area (Å²) in [7, 11) is -3.47. The summed E-state index contributed by atoms with van der Waals surface area (Å²) in [6.45, 7) is 6.85. The van der Waals surface area contributed by atoms with E-state index in [0.717, 1.165) is 25.7 Å². The van der Waals surface area contributed by atoms with E-state index in [-0.39, 0.29) is 16.8 Å². The Hall–Kier alpha value is -1.89. The van der Waals surface area contributed by atoms with Crippen molar-refractivity contribution in [2.75, 3.05) is 6.54 Å². The van der Waals surface area contributed by atoms with Crippen molar-refractivity contribution in [3.63, 3.8) is 0 Å². The average Bonchev–Trinajstić information content (AvgIpc) is 2.86. The maximum atomic E-state index is 12.0. The van der Waals surface area contributed by atoms with Crippen LogP contribution < -0.4 is 10.0 Å². The van der Waals surface area contributed by atoms with Gasteiger partial charge in [0.15, 0.2) is 0 Å². The van der Waals surface area contributed by atoms with E-state index >= 15 is 0 Å². The molecule has 144 valence electrons. The summed E-state index contributed by atoms with van der Waals surface area (Å²) in [6.07, 6.45) is 3.99. The summed E-state index contributed by atoms with van der Waals surface area (Å²) in [4.78, 5) is 16.6. The number of unbranched alkanes of at least 4 members (excludes halogenated alkanes) is 2. The number of carbonyl (C=O) groups excluding carboxylic acids is 1. The van der Waals surface area contributed by atoms with Crippen molar-refractivity contribution in [2.45, 2.75) is 63.8 Å². The molecule has 0 saturated carbocycles. The molecule has 1 aliphatic heterocycles. The zero-order valence-electron chi connectivity index (χ0n) is 15.8. The third kappa shape index (κ3) is 5.30. The van der Waals surface area contributed by atoms with Gasteiger partial charge in [-0.15, -0.1) is 0 Å². The topological polar surface area (TPSA) is 87.6 Å². The maximum absolute atomic E-state index is 12.0. The fourth-order valence-electron chi connectivity index (χ4n) is 3.04. The number of benzene rings is 1. The number of carbonyl (C=O) groups is 1. The van der Waals surface area contributed by atoms with Crippen LogP contribution in [0.2, 0.25) is 0 Å². The van der Waals surface area contributed by atoms with Crippen molar-refractivity contribution in [1.29, 1.82) is 0 Å². The van der Waals surface area contributed by atoms with Gasteiger partial charge in [-0.2, -0.15) is 0 Å². The second-order valence-corrected chi connectivity index (χ2v) is 8.62. The quantitative estimate of drug-likeness (QED) is 0.647. The number of aliphatic imine (C=N–C) groups is 1. The van der Waals surface area contributed by atoms with Crippen LogP contribution in [-0.2, 0) is 14.8 Å². The van der Waals surface area contributed by atoms with Gasteiger partial charge in [0.05, 0.1) is 4.90 Å². The highest BCUT2D eigenvalue weighted by Crippen LogP contribution is 2.22. The Kier molecular flexibility index (Phi) is 7.20. The SMILES string of the molecule is CCC(NC(=O)CCCCCN=C1NS(=O)(=O)c2ccccc21)C(C)C. The van der Waals surface area contributed by atoms with Crippen molar-refractivity contribution >= 4 is 21.8 Å². The molecule has 1 amide bonds. The highest BCUT2D eigenvalue weighted by molar-refractivity contribution is 7.90. The molecule has 0 radical (unpaired) electrons. The molecule has 2 N–H and O–H groups in total. The van der Waals surface area contributed by atoms with Gasteiger partial charge in [0.1, 0.15) is 5.84 Å². The monoisotopic (exact) mass is 379 g/mol. The first-order valence-corrected chi connectivity index (χ1v) is 10.8. The molecule has 0 saturated heterocycles. The lowest BCUT2D eigenvalue weighted by Gasteiger charge is -2.20. The molecule has 6 nitrogen and oxygen atoms in total. The van der Waals surface area contributed by atoms with E-state index in [1.807, 2.05) is 0 Å². The first kappa shape index (κ1) is 20.4. The number of amides is 1. The van der Waals surface area contributed by atoms with Crippen molar-refractivity contribution < 1.29 is 13.2 Å². The van der Waals surface area contributed by atoms with E-state index in [1.54, 1.807) is 24.3 Å². The molecular formula is C19H29N3O3S. The average molecular weight is 380 g/mol. The molecule has 1 aromatic rings. The number of sulfonamides is 1. The van der Waals surface area contributed by atoms with Crippen molar-refractivity contribution in [3.05, 3.63) is 29.8 Å². The predicted molar refractivity (Wildman–Crippen MR) is 104 cm³/mol. The summed E-state index contributed by atoms with van der Waals surface area (Å²) < 4.78 is 26.5. The minimum atomic E-state index is -3.47. The Morgan fingerprint density at radius 3 is 2.62 bits per heavy atom. The van der Waals surface area contributed by atoms with Gasteiger partial charge in [-0.1, -0.05) is 39.3 Å². The van der Waals surface area contributed by atoms with Gasteiger partial charge in [-0.3, -0.25) is 14.5 Å². The molecular weight excluding hydrogens is 350 g/mol. The Morgan fingerprint density at radius 2 is 1.92 bits per heavy atom. The zero-order valence-corrected chi connectivity index (χ0v) is 16.6. The lowest BCUT2D eigenvalue weighted by molar-refractivity contribution is -0.122. The second-order valence-electron chi connectivity index (χ2n) is 6.97. The zero-order chi connectivity index (χ0) is 19.2. The first-order valence-electron chi connectivity index (χ1n) is 9.31. The van der Waals surface area contributed by atoms with Crippen LogP contribution >= 0.6 is 0 Å². The number of hydrogen-bond acceptors (Lipinski definition) is 4. The maximum Gasteiger partial charge on any atom is 0.263 e. The number of amidine groups is 1. The molecule has 2 rings (SSSR count). The van der Waals surface area contributed by atoms with Crippen LogP contribution in [0, 0.1) is 5.92 Å². The highest BCUT2D eigenvalue weighted by Gasteiger charge is 2.29. The first-order chi connectivity index (χ1) is 12.3. The Labute approximate surface area is 156 Å². The van der Waals surface area contributed by atoms with Crippen LogP contribution in [0.4, 0.5) is 0 Å². The smallest absolute Gasteiger partial charge is 0.263 e. The molecule has 1 atom stereocenters. The van der Waals surface area contributed by atoms with E-state index < -0.39 is 10.0 Å². The van der Waals surface area contributed by atoms with Crippen LogP contribution in [0.25, 0.3) is 0 Å². The van der Waals surface area contributed by atoms with Crippen LogP contribution in [0.1, 0.15) is 58.4 Å². The van der Waals surface area contributed by atoms with Crippen molar-refractivity contribution in [2.24, 2.45) is 10.9 Å². The van der Waals surface area contributed by atoms with Gasteiger partial charge >= 0.3 is 0 Å². The van der Waals surface area contributed by atoms with Gasteiger partial charge < -0.3 is 5.32 Å². The fraction of sp³-hybridized carbons (Fsp3) is 0.579. The summed E-state index contributed by atoms with van der Waals surface area (Å²) in [5.74, 6) is 0.966. The van der Waals surface area contributed by atoms with E-state index in [1.165, 1.54) is 0 Å². The fourth-order valence-corrected chi connectivity index (χ4v) is 4.29. The van der Waals surface area contributed by atoms with E-state index in [9.17, 15) is 13.2 Å². The number of nitrogens with zero attached hydrogens (tertiary/aromatic N) is 1. The number of rotatable bonds is 9. The molecule has 0 fully saturated rings. The predicted octanol–water partition coefficient (Wildman–Crippen LogP) is 2.84. The third-order valence-corrected chi connectivity index (χ3v) is 5.98. The second kappa shape index (κ2) is 9.16. The summed E-state index contributed by atoms with van der Waals surface area (Å²) in [5, 5.41) is 3.08. The van der Waals surface area contributed by atoms with Gasteiger partial charge in [-0.25, -0.2) is 8.42 Å². The largest absolute Gasteiger partial charge is 0.353 e. The van der Waals surface area contributed by atoms with Gasteiger partial charge in [-0.05, 0) is 37.3 Å². The Morgan fingerprint density at radius 1 is 1.19 bits per heavy atom. The van der Waals surface area contributed by atoms with E-state index in [4.69, 9.17) is 0 Å². The molecule has 26 heavy (non-hydrogen) atoms. The van der Waals surface area contributed by atoms with Gasteiger partial charge in [0.25, 0.3) is 10.0 Å². The van der Waals surface area contributed by atoms with Crippen LogP contribution in [0.5, 0.6) is 0 Å². The summed E-state index contributed by atoms with van der Waals surface area (Å²) in [6, 6.07) is 7.09. The Bertz CT molecular complexity index is 757. The van der Waals surface area contributed by atoms with Crippen LogP contribution in [0.3, 0.4) is 0 Å². The number of nitrogens with one attached hydrogen (secondary N) is 2. The highest BCUT2D eigenvalue weighted by atomic mass is 32.2. The molecule has 0 bridgehead atoms. The molecule has 1 heterocycles. The third-order valence-electron chi connectivity index (χ3n) is 4.59. The summed E-state index contributed by atoms with van der Waals surface area (Å²) in [5.41, 5.74) is 0.631.